The smallest absolute Gasteiger partial charge is 0.0230 e. The van der Waals surface area contributed by atoms with Crippen molar-refractivity contribution in [1.29, 1.82) is 0 Å². The van der Waals surface area contributed by atoms with E-state index in [0.717, 1.165) is 24.9 Å². The molecule has 0 aliphatic carbocycles. The second-order valence-corrected chi connectivity index (χ2v) is 7.34. The number of hydrogen-bond acceptors (Lipinski definition) is 2. The molecule has 2 heteroatoms. The van der Waals surface area contributed by atoms with Crippen molar-refractivity contribution in [2.24, 2.45) is 11.8 Å². The molecule has 21 heavy (non-hydrogen) atoms. The molecule has 0 saturated heterocycles. The Labute approximate surface area is 131 Å². The largest absolute Gasteiger partial charge is 0.310 e. The third-order valence-corrected chi connectivity index (χ3v) is 3.70. The van der Waals surface area contributed by atoms with Crippen molar-refractivity contribution < 1.29 is 0 Å². The van der Waals surface area contributed by atoms with Crippen LogP contribution >= 0.6 is 0 Å². The first kappa shape index (κ1) is 18.2. The predicted octanol–water partition coefficient (Wildman–Crippen LogP) is 4.30. The van der Waals surface area contributed by atoms with E-state index in [0.29, 0.717) is 6.04 Å². The van der Waals surface area contributed by atoms with Gasteiger partial charge in [0.05, 0.1) is 0 Å². The van der Waals surface area contributed by atoms with Crippen molar-refractivity contribution in [3.8, 4) is 0 Å². The highest BCUT2D eigenvalue weighted by Crippen LogP contribution is 2.16. The van der Waals surface area contributed by atoms with Crippen LogP contribution in [-0.2, 0) is 13.1 Å². The summed E-state index contributed by atoms with van der Waals surface area (Å²) >= 11 is 0. The first-order valence-corrected chi connectivity index (χ1v) is 8.33. The maximum Gasteiger partial charge on any atom is 0.0230 e. The summed E-state index contributed by atoms with van der Waals surface area (Å²) in [4.78, 5) is 2.23. The van der Waals surface area contributed by atoms with Gasteiger partial charge in [0.1, 0.15) is 0 Å². The summed E-state index contributed by atoms with van der Waals surface area (Å²) in [6, 6.07) is 9.42. The van der Waals surface area contributed by atoms with Crippen molar-refractivity contribution >= 4 is 0 Å². The maximum atomic E-state index is 3.79. The summed E-state index contributed by atoms with van der Waals surface area (Å²) in [6.07, 6.45) is 2.52. The van der Waals surface area contributed by atoms with Gasteiger partial charge in [0.2, 0.25) is 0 Å². The van der Waals surface area contributed by atoms with Crippen LogP contribution < -0.4 is 5.32 Å². The molecular weight excluding hydrogens is 256 g/mol. The van der Waals surface area contributed by atoms with Crippen LogP contribution in [0.1, 0.15) is 51.7 Å². The fourth-order valence-electron chi connectivity index (χ4n) is 2.88. The Hall–Kier alpha value is -0.860. The molecule has 1 N–H and O–H groups in total. The molecule has 0 fully saturated rings. The highest BCUT2D eigenvalue weighted by molar-refractivity contribution is 5.27. The zero-order valence-electron chi connectivity index (χ0n) is 14.8. The average Bonchev–Trinajstić information content (AvgIpc) is 2.35. The molecule has 0 aromatic heterocycles. The zero-order valence-corrected chi connectivity index (χ0v) is 14.8. The van der Waals surface area contributed by atoms with Crippen molar-refractivity contribution in [2.75, 3.05) is 14.1 Å². The standard InChI is InChI=1S/C19H34N2/c1-15(2)11-19(12-16(3)4)20-13-17-9-7-8-10-18(17)14-21(5)6/h7-10,15-16,19-20H,11-14H2,1-6H3. The lowest BCUT2D eigenvalue weighted by Crippen LogP contribution is -2.31. The highest BCUT2D eigenvalue weighted by atomic mass is 15.0. The first-order chi connectivity index (χ1) is 9.88. The Morgan fingerprint density at radius 3 is 1.90 bits per heavy atom. The molecule has 1 aromatic carbocycles. The highest BCUT2D eigenvalue weighted by Gasteiger charge is 2.13. The lowest BCUT2D eigenvalue weighted by atomic mass is 9.95. The summed E-state index contributed by atoms with van der Waals surface area (Å²) in [6.45, 7) is 11.2. The lowest BCUT2D eigenvalue weighted by molar-refractivity contribution is 0.356. The monoisotopic (exact) mass is 290 g/mol. The summed E-state index contributed by atoms with van der Waals surface area (Å²) in [5, 5.41) is 3.79. The third-order valence-electron chi connectivity index (χ3n) is 3.70. The van der Waals surface area contributed by atoms with Crippen molar-refractivity contribution in [3.05, 3.63) is 35.4 Å². The lowest BCUT2D eigenvalue weighted by Gasteiger charge is -2.23. The van der Waals surface area contributed by atoms with Gasteiger partial charge in [0, 0.05) is 19.1 Å². The van der Waals surface area contributed by atoms with Crippen LogP contribution in [-0.4, -0.2) is 25.0 Å². The van der Waals surface area contributed by atoms with Gasteiger partial charge in [-0.2, -0.15) is 0 Å². The Kier molecular flexibility index (Phi) is 7.98. The Bertz CT molecular complexity index is 386. The van der Waals surface area contributed by atoms with E-state index in [1.165, 1.54) is 24.0 Å². The van der Waals surface area contributed by atoms with Crippen LogP contribution in [0.5, 0.6) is 0 Å². The third kappa shape index (κ3) is 7.63. The number of benzene rings is 1. The summed E-state index contributed by atoms with van der Waals surface area (Å²) in [5.74, 6) is 1.50. The second kappa shape index (κ2) is 9.22. The minimum atomic E-state index is 0.623. The minimum absolute atomic E-state index is 0.623. The maximum absolute atomic E-state index is 3.79. The van der Waals surface area contributed by atoms with Crippen LogP contribution in [0.3, 0.4) is 0 Å². The van der Waals surface area contributed by atoms with Crippen LogP contribution in [0.2, 0.25) is 0 Å². The van der Waals surface area contributed by atoms with E-state index in [2.05, 4.69) is 76.3 Å². The molecule has 2 nitrogen and oxygen atoms in total. The van der Waals surface area contributed by atoms with E-state index in [1.807, 2.05) is 0 Å². The molecule has 0 spiro atoms. The molecule has 0 aliphatic heterocycles. The van der Waals surface area contributed by atoms with Gasteiger partial charge in [0.25, 0.3) is 0 Å². The molecule has 120 valence electrons. The molecule has 0 saturated carbocycles. The molecular formula is C19H34N2. The molecule has 0 amide bonds. The van der Waals surface area contributed by atoms with E-state index in [-0.39, 0.29) is 0 Å². The number of nitrogens with zero attached hydrogens (tertiary/aromatic N) is 1. The van der Waals surface area contributed by atoms with E-state index < -0.39 is 0 Å². The summed E-state index contributed by atoms with van der Waals surface area (Å²) in [5.41, 5.74) is 2.87. The Morgan fingerprint density at radius 1 is 0.905 bits per heavy atom. The molecule has 1 aromatic rings. The van der Waals surface area contributed by atoms with E-state index in [4.69, 9.17) is 0 Å². The van der Waals surface area contributed by atoms with Crippen molar-refractivity contribution in [1.82, 2.24) is 10.2 Å². The summed E-state index contributed by atoms with van der Waals surface area (Å²) in [7, 11) is 4.26. The molecule has 0 heterocycles. The van der Waals surface area contributed by atoms with Crippen LogP contribution in [0.4, 0.5) is 0 Å². The van der Waals surface area contributed by atoms with E-state index in [9.17, 15) is 0 Å². The molecule has 0 radical (unpaired) electrons. The Morgan fingerprint density at radius 2 is 1.43 bits per heavy atom. The summed E-state index contributed by atoms with van der Waals surface area (Å²) < 4.78 is 0. The quantitative estimate of drug-likeness (QED) is 0.729. The topological polar surface area (TPSA) is 15.3 Å². The van der Waals surface area contributed by atoms with Crippen molar-refractivity contribution in [3.63, 3.8) is 0 Å². The Balaban J connectivity index is 2.66. The van der Waals surface area contributed by atoms with Gasteiger partial charge in [-0.25, -0.2) is 0 Å². The molecule has 0 aliphatic rings. The first-order valence-electron chi connectivity index (χ1n) is 8.33. The molecule has 0 bridgehead atoms. The number of hydrogen-bond donors (Lipinski definition) is 1. The number of rotatable bonds is 9. The SMILES string of the molecule is CC(C)CC(CC(C)C)NCc1ccccc1CN(C)C. The van der Waals surface area contributed by atoms with Gasteiger partial charge in [0.15, 0.2) is 0 Å². The normalized spacial score (nSPS) is 12.1. The molecule has 1 rings (SSSR count). The van der Waals surface area contributed by atoms with Gasteiger partial charge in [-0.1, -0.05) is 52.0 Å². The van der Waals surface area contributed by atoms with Crippen LogP contribution in [0.25, 0.3) is 0 Å². The van der Waals surface area contributed by atoms with Crippen molar-refractivity contribution in [2.45, 2.75) is 59.7 Å². The van der Waals surface area contributed by atoms with E-state index in [1.54, 1.807) is 0 Å². The van der Waals surface area contributed by atoms with Gasteiger partial charge in [-0.05, 0) is 49.9 Å². The van der Waals surface area contributed by atoms with E-state index >= 15 is 0 Å². The zero-order chi connectivity index (χ0) is 15.8. The second-order valence-electron chi connectivity index (χ2n) is 7.34. The molecule has 0 unspecified atom stereocenters. The predicted molar refractivity (Wildman–Crippen MR) is 93.4 cm³/mol. The van der Waals surface area contributed by atoms with Crippen LogP contribution in [0, 0.1) is 11.8 Å². The van der Waals surface area contributed by atoms with Crippen LogP contribution in [0.15, 0.2) is 24.3 Å². The fraction of sp³-hybridized carbons (Fsp3) is 0.684. The van der Waals surface area contributed by atoms with Gasteiger partial charge in [-0.15, -0.1) is 0 Å². The fourth-order valence-corrected chi connectivity index (χ4v) is 2.88. The van der Waals surface area contributed by atoms with Gasteiger partial charge >= 0.3 is 0 Å². The van der Waals surface area contributed by atoms with Gasteiger partial charge < -0.3 is 10.2 Å². The molecule has 0 atom stereocenters. The minimum Gasteiger partial charge on any atom is -0.310 e. The average molecular weight is 290 g/mol. The number of nitrogens with one attached hydrogen (secondary N) is 1. The van der Waals surface area contributed by atoms with Gasteiger partial charge in [-0.3, -0.25) is 0 Å².